The van der Waals surface area contributed by atoms with Crippen LogP contribution in [0.4, 0.5) is 5.69 Å². The smallest absolute Gasteiger partial charge is 0.262 e. The molecule has 8 nitrogen and oxygen atoms in total. The van der Waals surface area contributed by atoms with Gasteiger partial charge in [0.25, 0.3) is 11.8 Å². The summed E-state index contributed by atoms with van der Waals surface area (Å²) in [4.78, 5) is 50.1. The fourth-order valence-electron chi connectivity index (χ4n) is 4.29. The van der Waals surface area contributed by atoms with Crippen molar-refractivity contribution in [3.63, 3.8) is 0 Å². The van der Waals surface area contributed by atoms with E-state index in [0.29, 0.717) is 11.1 Å². The molecule has 148 valence electrons. The van der Waals surface area contributed by atoms with E-state index in [0.717, 1.165) is 30.1 Å². The number of carbonyl (C=O) groups excluding carboxylic acids is 4. The minimum Gasteiger partial charge on any atom is -0.381 e. The second kappa shape index (κ2) is 6.70. The average Bonchev–Trinajstić information content (AvgIpc) is 2.85. The Morgan fingerprint density at radius 1 is 1.11 bits per heavy atom. The van der Waals surface area contributed by atoms with Crippen molar-refractivity contribution in [2.24, 2.45) is 5.41 Å². The Morgan fingerprint density at radius 3 is 2.57 bits per heavy atom. The molecule has 4 rings (SSSR count). The van der Waals surface area contributed by atoms with E-state index >= 15 is 0 Å². The summed E-state index contributed by atoms with van der Waals surface area (Å²) in [5.41, 5.74) is 1.54. The van der Waals surface area contributed by atoms with E-state index in [2.05, 4.69) is 29.8 Å². The van der Waals surface area contributed by atoms with Crippen molar-refractivity contribution in [1.82, 2.24) is 15.5 Å². The van der Waals surface area contributed by atoms with Gasteiger partial charge >= 0.3 is 0 Å². The van der Waals surface area contributed by atoms with Crippen molar-refractivity contribution >= 4 is 29.3 Å². The Balaban J connectivity index is 1.54. The van der Waals surface area contributed by atoms with Gasteiger partial charge in [0.1, 0.15) is 6.04 Å². The highest BCUT2D eigenvalue weighted by Crippen LogP contribution is 2.31. The van der Waals surface area contributed by atoms with Crippen molar-refractivity contribution in [2.45, 2.75) is 45.2 Å². The highest BCUT2D eigenvalue weighted by molar-refractivity contribution is 6.23. The first-order valence-electron chi connectivity index (χ1n) is 9.58. The number of carbonyl (C=O) groups is 4. The van der Waals surface area contributed by atoms with Gasteiger partial charge in [0.05, 0.1) is 11.1 Å². The summed E-state index contributed by atoms with van der Waals surface area (Å²) in [5.74, 6) is -1.95. The van der Waals surface area contributed by atoms with Gasteiger partial charge in [-0.25, -0.2) is 0 Å². The molecule has 0 spiro atoms. The lowest BCUT2D eigenvalue weighted by atomic mass is 9.82. The van der Waals surface area contributed by atoms with E-state index in [4.69, 9.17) is 0 Å². The van der Waals surface area contributed by atoms with Crippen LogP contribution in [0.3, 0.4) is 0 Å². The third-order valence-corrected chi connectivity index (χ3v) is 5.60. The van der Waals surface area contributed by atoms with Crippen LogP contribution in [-0.4, -0.2) is 53.7 Å². The monoisotopic (exact) mass is 384 g/mol. The van der Waals surface area contributed by atoms with Crippen LogP contribution < -0.4 is 16.0 Å². The maximum absolute atomic E-state index is 12.9. The Bertz CT molecular complexity index is 879. The molecule has 0 radical (unpaired) electrons. The number of hydrogen-bond acceptors (Lipinski definition) is 6. The number of benzene rings is 1. The molecule has 2 saturated heterocycles. The van der Waals surface area contributed by atoms with Crippen LogP contribution in [0.5, 0.6) is 0 Å². The Hall–Kier alpha value is -2.74. The van der Waals surface area contributed by atoms with E-state index in [-0.39, 0.29) is 30.2 Å². The number of anilines is 1. The zero-order chi connectivity index (χ0) is 20.1. The standard InChI is InChI=1S/C20H24N4O4/c1-20(2)8-12(9-21-10-20)22-11-3-4-13-14(7-11)19(28)24(18(13)27)15-5-6-16(25)23-17(15)26/h3-4,7,12,15,21-22H,5-6,8-10H2,1-2H3,(H,23,25,26). The van der Waals surface area contributed by atoms with E-state index in [1.54, 1.807) is 18.2 Å². The maximum atomic E-state index is 12.9. The molecule has 0 aliphatic carbocycles. The predicted octanol–water partition coefficient (Wildman–Crippen LogP) is 0.888. The van der Waals surface area contributed by atoms with E-state index in [9.17, 15) is 19.2 Å². The van der Waals surface area contributed by atoms with Gasteiger partial charge in [-0.05, 0) is 36.5 Å². The molecule has 0 bridgehead atoms. The molecule has 3 aliphatic rings. The lowest BCUT2D eigenvalue weighted by Crippen LogP contribution is -2.54. The molecule has 3 aliphatic heterocycles. The average molecular weight is 384 g/mol. The van der Waals surface area contributed by atoms with Crippen molar-refractivity contribution in [3.8, 4) is 0 Å². The molecule has 1 aromatic carbocycles. The summed E-state index contributed by atoms with van der Waals surface area (Å²) in [6.45, 7) is 6.20. The molecular weight excluding hydrogens is 360 g/mol. The quantitative estimate of drug-likeness (QED) is 0.668. The van der Waals surface area contributed by atoms with Crippen LogP contribution in [0.25, 0.3) is 0 Å². The van der Waals surface area contributed by atoms with Crippen LogP contribution >= 0.6 is 0 Å². The molecule has 4 amide bonds. The first kappa shape index (κ1) is 18.6. The number of fused-ring (bicyclic) bond motifs is 1. The van der Waals surface area contributed by atoms with Gasteiger partial charge in [-0.15, -0.1) is 0 Å². The topological polar surface area (TPSA) is 108 Å². The highest BCUT2D eigenvalue weighted by Gasteiger charge is 2.44. The third kappa shape index (κ3) is 3.28. The molecule has 2 unspecified atom stereocenters. The summed E-state index contributed by atoms with van der Waals surface area (Å²) in [6.07, 6.45) is 1.26. The molecule has 2 atom stereocenters. The largest absolute Gasteiger partial charge is 0.381 e. The van der Waals surface area contributed by atoms with Gasteiger partial charge in [0, 0.05) is 31.2 Å². The first-order chi connectivity index (χ1) is 13.2. The fraction of sp³-hybridized carbons (Fsp3) is 0.500. The zero-order valence-corrected chi connectivity index (χ0v) is 16.0. The number of nitrogens with zero attached hydrogens (tertiary/aromatic N) is 1. The van der Waals surface area contributed by atoms with Crippen LogP contribution in [0, 0.1) is 5.41 Å². The number of amides is 4. The minimum absolute atomic E-state index is 0.112. The van der Waals surface area contributed by atoms with E-state index in [1.165, 1.54) is 0 Å². The number of imide groups is 2. The Kier molecular flexibility index (Phi) is 4.45. The summed E-state index contributed by atoms with van der Waals surface area (Å²) in [6, 6.07) is 4.39. The van der Waals surface area contributed by atoms with Crippen molar-refractivity contribution in [1.29, 1.82) is 0 Å². The molecular formula is C20H24N4O4. The summed E-state index contributed by atoms with van der Waals surface area (Å²) < 4.78 is 0. The van der Waals surface area contributed by atoms with Crippen LogP contribution in [0.1, 0.15) is 53.8 Å². The van der Waals surface area contributed by atoms with Crippen LogP contribution in [0.2, 0.25) is 0 Å². The van der Waals surface area contributed by atoms with Gasteiger partial charge < -0.3 is 10.6 Å². The highest BCUT2D eigenvalue weighted by atomic mass is 16.2. The van der Waals surface area contributed by atoms with Crippen molar-refractivity contribution < 1.29 is 19.2 Å². The summed E-state index contributed by atoms with van der Waals surface area (Å²) in [7, 11) is 0. The lowest BCUT2D eigenvalue weighted by molar-refractivity contribution is -0.136. The number of piperidine rings is 2. The van der Waals surface area contributed by atoms with Gasteiger partial charge in [-0.1, -0.05) is 13.8 Å². The molecule has 0 aromatic heterocycles. The molecule has 3 heterocycles. The first-order valence-corrected chi connectivity index (χ1v) is 9.58. The normalized spacial score (nSPS) is 26.9. The van der Waals surface area contributed by atoms with Gasteiger partial charge in [-0.2, -0.15) is 0 Å². The zero-order valence-electron chi connectivity index (χ0n) is 16.0. The van der Waals surface area contributed by atoms with E-state index < -0.39 is 23.8 Å². The molecule has 3 N–H and O–H groups in total. The maximum Gasteiger partial charge on any atom is 0.262 e. The summed E-state index contributed by atoms with van der Waals surface area (Å²) >= 11 is 0. The number of nitrogens with one attached hydrogen (secondary N) is 3. The van der Waals surface area contributed by atoms with Crippen molar-refractivity contribution in [3.05, 3.63) is 29.3 Å². The van der Waals surface area contributed by atoms with E-state index in [1.807, 2.05) is 0 Å². The molecule has 0 saturated carbocycles. The Morgan fingerprint density at radius 2 is 1.86 bits per heavy atom. The second-order valence-electron chi connectivity index (χ2n) is 8.55. The van der Waals surface area contributed by atoms with Crippen molar-refractivity contribution in [2.75, 3.05) is 18.4 Å². The second-order valence-corrected chi connectivity index (χ2v) is 8.55. The number of rotatable bonds is 3. The lowest BCUT2D eigenvalue weighted by Gasteiger charge is -2.36. The molecule has 8 heteroatoms. The third-order valence-electron chi connectivity index (χ3n) is 5.60. The Labute approximate surface area is 163 Å². The van der Waals surface area contributed by atoms with Gasteiger partial charge in [0.2, 0.25) is 11.8 Å². The van der Waals surface area contributed by atoms with Gasteiger partial charge in [-0.3, -0.25) is 29.4 Å². The molecule has 28 heavy (non-hydrogen) atoms. The van der Waals surface area contributed by atoms with Crippen LogP contribution in [-0.2, 0) is 9.59 Å². The molecule has 2 fully saturated rings. The van der Waals surface area contributed by atoms with Crippen LogP contribution in [0.15, 0.2) is 18.2 Å². The number of hydrogen-bond donors (Lipinski definition) is 3. The molecule has 1 aromatic rings. The summed E-state index contributed by atoms with van der Waals surface area (Å²) in [5, 5.41) is 9.05. The predicted molar refractivity (Wildman–Crippen MR) is 102 cm³/mol. The SMILES string of the molecule is CC1(C)CNCC(Nc2ccc3c(c2)C(=O)N(C2CCC(=O)NC2=O)C3=O)C1. The fourth-order valence-corrected chi connectivity index (χ4v) is 4.29. The minimum atomic E-state index is -0.940. The van der Waals surface area contributed by atoms with Gasteiger partial charge in [0.15, 0.2) is 0 Å².